The summed E-state index contributed by atoms with van der Waals surface area (Å²) in [5.74, 6) is 0. The SMILES string of the molecule is O=C(NO)On1ccnc1. The molecule has 0 saturated carbocycles. The standard InChI is InChI=1S/C4H5N3O3/c8-4(6-9)10-7-2-1-5-3-7/h1-3,9H,(H,6,8). The Kier molecular flexibility index (Phi) is 1.86. The minimum atomic E-state index is -0.960. The van der Waals surface area contributed by atoms with Crippen LogP contribution in [0.2, 0.25) is 0 Å². The second-order valence-electron chi connectivity index (χ2n) is 1.41. The molecule has 0 aliphatic rings. The molecule has 0 fully saturated rings. The number of nitrogens with one attached hydrogen (secondary N) is 1. The van der Waals surface area contributed by atoms with Crippen molar-refractivity contribution in [3.8, 4) is 0 Å². The van der Waals surface area contributed by atoms with Gasteiger partial charge in [-0.15, -0.1) is 0 Å². The molecule has 54 valence electrons. The highest BCUT2D eigenvalue weighted by atomic mass is 16.7. The van der Waals surface area contributed by atoms with E-state index in [1.54, 1.807) is 0 Å². The van der Waals surface area contributed by atoms with Gasteiger partial charge in [0.05, 0.1) is 6.20 Å². The van der Waals surface area contributed by atoms with Crippen LogP contribution in [0.5, 0.6) is 0 Å². The Morgan fingerprint density at radius 3 is 3.10 bits per heavy atom. The summed E-state index contributed by atoms with van der Waals surface area (Å²) < 4.78 is 1.05. The number of hydrogen-bond donors (Lipinski definition) is 2. The minimum Gasteiger partial charge on any atom is -0.315 e. The molecule has 0 spiro atoms. The molecular weight excluding hydrogens is 138 g/mol. The molecule has 10 heavy (non-hydrogen) atoms. The molecule has 6 nitrogen and oxygen atoms in total. The van der Waals surface area contributed by atoms with E-state index in [0.717, 1.165) is 4.73 Å². The van der Waals surface area contributed by atoms with Crippen LogP contribution < -0.4 is 10.3 Å². The third-order valence-corrected chi connectivity index (χ3v) is 0.760. The second-order valence-corrected chi connectivity index (χ2v) is 1.41. The fourth-order valence-electron chi connectivity index (χ4n) is 0.417. The first-order valence-electron chi connectivity index (χ1n) is 2.43. The third kappa shape index (κ3) is 1.46. The normalized spacial score (nSPS) is 8.90. The fourth-order valence-corrected chi connectivity index (χ4v) is 0.417. The predicted octanol–water partition coefficient (Wildman–Crippen LogP) is -0.590. The lowest BCUT2D eigenvalue weighted by atomic mass is 11.0. The first-order valence-corrected chi connectivity index (χ1v) is 2.43. The quantitative estimate of drug-likeness (QED) is 0.407. The topological polar surface area (TPSA) is 76.4 Å². The molecule has 0 aliphatic heterocycles. The van der Waals surface area contributed by atoms with Crippen LogP contribution in [0.4, 0.5) is 4.79 Å². The summed E-state index contributed by atoms with van der Waals surface area (Å²) in [6, 6.07) is 0. The van der Waals surface area contributed by atoms with E-state index >= 15 is 0 Å². The number of nitrogens with zero attached hydrogens (tertiary/aromatic N) is 2. The second kappa shape index (κ2) is 2.83. The average molecular weight is 143 g/mol. The number of amides is 1. The Hall–Kier alpha value is -1.56. The first-order chi connectivity index (χ1) is 4.83. The van der Waals surface area contributed by atoms with Gasteiger partial charge in [-0.2, -0.15) is 4.73 Å². The molecule has 0 saturated heterocycles. The van der Waals surface area contributed by atoms with E-state index in [0.29, 0.717) is 0 Å². The van der Waals surface area contributed by atoms with Crippen LogP contribution in [0.25, 0.3) is 0 Å². The van der Waals surface area contributed by atoms with Crippen molar-refractivity contribution in [1.29, 1.82) is 0 Å². The van der Waals surface area contributed by atoms with Gasteiger partial charge < -0.3 is 4.84 Å². The van der Waals surface area contributed by atoms with Gasteiger partial charge in [0.25, 0.3) is 0 Å². The zero-order chi connectivity index (χ0) is 7.40. The molecule has 2 N–H and O–H groups in total. The summed E-state index contributed by atoms with van der Waals surface area (Å²) in [5.41, 5.74) is 1.29. The zero-order valence-electron chi connectivity index (χ0n) is 4.89. The number of imidazole rings is 1. The van der Waals surface area contributed by atoms with Crippen molar-refractivity contribution in [2.75, 3.05) is 0 Å². The molecule has 1 aromatic heterocycles. The Labute approximate surface area is 56.0 Å². The molecule has 1 rings (SSSR count). The Morgan fingerprint density at radius 2 is 2.60 bits per heavy atom. The van der Waals surface area contributed by atoms with Crippen LogP contribution in [0.1, 0.15) is 0 Å². The van der Waals surface area contributed by atoms with Gasteiger partial charge in [0.15, 0.2) is 0 Å². The maximum absolute atomic E-state index is 10.2. The molecule has 0 unspecified atom stereocenters. The largest absolute Gasteiger partial charge is 0.455 e. The van der Waals surface area contributed by atoms with E-state index in [9.17, 15) is 4.79 Å². The highest BCUT2D eigenvalue weighted by molar-refractivity contribution is 5.65. The van der Waals surface area contributed by atoms with Crippen molar-refractivity contribution in [1.82, 2.24) is 15.2 Å². The molecular formula is C4H5N3O3. The van der Waals surface area contributed by atoms with E-state index in [-0.39, 0.29) is 0 Å². The highest BCUT2D eigenvalue weighted by Gasteiger charge is 1.98. The van der Waals surface area contributed by atoms with Crippen molar-refractivity contribution in [2.24, 2.45) is 0 Å². The number of hydroxylamine groups is 1. The van der Waals surface area contributed by atoms with Crippen LogP contribution in [0, 0.1) is 0 Å². The lowest BCUT2D eigenvalue weighted by molar-refractivity contribution is 0.0812. The molecule has 1 amide bonds. The lowest BCUT2D eigenvalue weighted by Crippen LogP contribution is -2.28. The van der Waals surface area contributed by atoms with Gasteiger partial charge in [-0.05, 0) is 0 Å². The van der Waals surface area contributed by atoms with Crippen LogP contribution in [0.3, 0.4) is 0 Å². The molecule has 0 atom stereocenters. The van der Waals surface area contributed by atoms with Crippen LogP contribution in [0.15, 0.2) is 18.7 Å². The Morgan fingerprint density at radius 1 is 1.80 bits per heavy atom. The number of carbonyl (C=O) groups excluding carboxylic acids is 1. The number of rotatable bonds is 1. The highest BCUT2D eigenvalue weighted by Crippen LogP contribution is 1.79. The molecule has 6 heteroatoms. The smallest absolute Gasteiger partial charge is 0.315 e. The molecule has 0 bridgehead atoms. The zero-order valence-corrected chi connectivity index (χ0v) is 4.89. The van der Waals surface area contributed by atoms with E-state index in [4.69, 9.17) is 5.21 Å². The minimum absolute atomic E-state index is 0.960. The van der Waals surface area contributed by atoms with Gasteiger partial charge in [-0.1, -0.05) is 0 Å². The van der Waals surface area contributed by atoms with E-state index in [1.165, 1.54) is 24.2 Å². The summed E-state index contributed by atoms with van der Waals surface area (Å²) in [6.07, 6.45) is 3.16. The first kappa shape index (κ1) is 6.56. The summed E-state index contributed by atoms with van der Waals surface area (Å²) in [7, 11) is 0. The van der Waals surface area contributed by atoms with Gasteiger partial charge in [0.2, 0.25) is 0 Å². The summed E-state index contributed by atoms with van der Waals surface area (Å²) in [6.45, 7) is 0. The van der Waals surface area contributed by atoms with Crippen molar-refractivity contribution in [2.45, 2.75) is 0 Å². The average Bonchev–Trinajstić information content (AvgIpc) is 2.40. The maximum atomic E-state index is 10.2. The fraction of sp³-hybridized carbons (Fsp3) is 0. The number of hydrogen-bond acceptors (Lipinski definition) is 4. The van der Waals surface area contributed by atoms with Gasteiger partial charge in [0.1, 0.15) is 6.33 Å². The van der Waals surface area contributed by atoms with Crippen LogP contribution in [-0.4, -0.2) is 21.0 Å². The van der Waals surface area contributed by atoms with Crippen molar-refractivity contribution < 1.29 is 14.8 Å². The van der Waals surface area contributed by atoms with Crippen molar-refractivity contribution in [3.63, 3.8) is 0 Å². The van der Waals surface area contributed by atoms with E-state index in [2.05, 4.69) is 9.82 Å². The van der Waals surface area contributed by atoms with Gasteiger partial charge >= 0.3 is 6.09 Å². The summed E-state index contributed by atoms with van der Waals surface area (Å²) >= 11 is 0. The Balaban J connectivity index is 2.48. The monoisotopic (exact) mass is 143 g/mol. The van der Waals surface area contributed by atoms with Crippen molar-refractivity contribution in [3.05, 3.63) is 18.7 Å². The van der Waals surface area contributed by atoms with Gasteiger partial charge in [0, 0.05) is 6.20 Å². The van der Waals surface area contributed by atoms with E-state index < -0.39 is 6.09 Å². The Bertz CT molecular complexity index is 208. The third-order valence-electron chi connectivity index (χ3n) is 0.760. The predicted molar refractivity (Wildman–Crippen MR) is 29.1 cm³/mol. The molecule has 1 heterocycles. The van der Waals surface area contributed by atoms with Gasteiger partial charge in [-0.25, -0.2) is 15.3 Å². The van der Waals surface area contributed by atoms with E-state index in [1.807, 2.05) is 0 Å². The van der Waals surface area contributed by atoms with Crippen LogP contribution in [-0.2, 0) is 0 Å². The lowest BCUT2D eigenvalue weighted by Gasteiger charge is -1.98. The van der Waals surface area contributed by atoms with Crippen LogP contribution >= 0.6 is 0 Å². The number of carbonyl (C=O) groups is 1. The molecule has 0 aliphatic carbocycles. The number of aromatic nitrogens is 2. The summed E-state index contributed by atoms with van der Waals surface area (Å²) in [4.78, 5) is 18.2. The maximum Gasteiger partial charge on any atom is 0.455 e. The molecule has 0 radical (unpaired) electrons. The summed E-state index contributed by atoms with van der Waals surface area (Å²) in [5, 5.41) is 7.98. The molecule has 0 aromatic carbocycles. The van der Waals surface area contributed by atoms with Crippen molar-refractivity contribution >= 4 is 6.09 Å². The molecule has 1 aromatic rings. The van der Waals surface area contributed by atoms with Gasteiger partial charge in [-0.3, -0.25) is 5.21 Å².